The van der Waals surface area contributed by atoms with Gasteiger partial charge in [0.25, 0.3) is 0 Å². The maximum atomic E-state index is 2.45. The summed E-state index contributed by atoms with van der Waals surface area (Å²) < 4.78 is 2.40. The Morgan fingerprint density at radius 2 is 0.860 bits per heavy atom. The molecule has 9 aromatic carbocycles. The van der Waals surface area contributed by atoms with Gasteiger partial charge in [0.15, 0.2) is 0 Å². The highest BCUT2D eigenvalue weighted by molar-refractivity contribution is 6.67. The zero-order valence-electron chi connectivity index (χ0n) is 27.3. The van der Waals surface area contributed by atoms with Gasteiger partial charge in [-0.1, -0.05) is 168 Å². The number of hydrogen-bond donors (Lipinski definition) is 0. The van der Waals surface area contributed by atoms with Gasteiger partial charge in [0.1, 0.15) is 9.52 Å². The van der Waals surface area contributed by atoms with Crippen molar-refractivity contribution in [3.8, 4) is 27.9 Å². The van der Waals surface area contributed by atoms with Crippen LogP contribution in [0.4, 0.5) is 0 Å². The number of rotatable bonds is 5. The number of hydrogen-bond acceptors (Lipinski definition) is 0. The Hall–Kier alpha value is -6.22. The summed E-state index contributed by atoms with van der Waals surface area (Å²) in [7, 11) is 0.582. The monoisotopic (exact) mass is 649 g/mol. The van der Waals surface area contributed by atoms with Crippen molar-refractivity contribution in [1.82, 2.24) is 4.57 Å². The van der Waals surface area contributed by atoms with Crippen molar-refractivity contribution in [2.45, 2.75) is 0 Å². The summed E-state index contributed by atoms with van der Waals surface area (Å²) in [4.78, 5) is 0. The standard InChI is InChI=1S/C48H31NSi/c1-2-14-37(15-3-1)50-38-28-29-43-44(31-38)47(41-18-6-7-19-42(41)48(43)35-23-22-32-12-4-5-13-34(32)30-35)33-24-26-36(27-25-33)49-45-20-10-8-16-39(45)40-17-9-11-21-46(40)49/h1-31H. The number of para-hydroxylation sites is 2. The molecule has 0 saturated carbocycles. The summed E-state index contributed by atoms with van der Waals surface area (Å²) in [6, 6.07) is 69.2. The van der Waals surface area contributed by atoms with Gasteiger partial charge in [-0.25, -0.2) is 0 Å². The van der Waals surface area contributed by atoms with Crippen molar-refractivity contribution in [3.05, 3.63) is 188 Å². The van der Waals surface area contributed by atoms with Crippen molar-refractivity contribution < 1.29 is 0 Å². The molecule has 0 bridgehead atoms. The van der Waals surface area contributed by atoms with Crippen LogP contribution in [0.15, 0.2) is 188 Å². The highest BCUT2D eigenvalue weighted by atomic mass is 28.2. The first-order valence-corrected chi connectivity index (χ1v) is 18.2. The Bertz CT molecular complexity index is 2830. The van der Waals surface area contributed by atoms with Crippen LogP contribution in [-0.4, -0.2) is 14.1 Å². The van der Waals surface area contributed by atoms with Crippen molar-refractivity contribution in [2.75, 3.05) is 0 Å². The molecular formula is C48H31NSi. The van der Waals surface area contributed by atoms with E-state index in [1.165, 1.54) is 92.4 Å². The molecule has 2 radical (unpaired) electrons. The zero-order valence-corrected chi connectivity index (χ0v) is 28.3. The first kappa shape index (κ1) is 28.8. The molecule has 0 aliphatic rings. The van der Waals surface area contributed by atoms with Crippen molar-refractivity contribution in [3.63, 3.8) is 0 Å². The second-order valence-electron chi connectivity index (χ2n) is 13.0. The molecule has 232 valence electrons. The molecule has 50 heavy (non-hydrogen) atoms. The smallest absolute Gasteiger partial charge is 0.121 e. The maximum Gasteiger partial charge on any atom is 0.121 e. The largest absolute Gasteiger partial charge is 0.309 e. The van der Waals surface area contributed by atoms with Gasteiger partial charge in [0.05, 0.1) is 11.0 Å². The molecule has 0 aliphatic heterocycles. The first-order chi connectivity index (χ1) is 24.8. The summed E-state index contributed by atoms with van der Waals surface area (Å²) in [6.45, 7) is 0. The van der Waals surface area contributed by atoms with E-state index in [-0.39, 0.29) is 0 Å². The minimum Gasteiger partial charge on any atom is -0.309 e. The molecule has 10 rings (SSSR count). The van der Waals surface area contributed by atoms with Crippen molar-refractivity contribution in [1.29, 1.82) is 0 Å². The van der Waals surface area contributed by atoms with E-state index in [9.17, 15) is 0 Å². The molecule has 0 saturated heterocycles. The van der Waals surface area contributed by atoms with E-state index in [0.29, 0.717) is 9.52 Å². The highest BCUT2D eigenvalue weighted by Crippen LogP contribution is 2.44. The highest BCUT2D eigenvalue weighted by Gasteiger charge is 2.18. The van der Waals surface area contributed by atoms with Gasteiger partial charge in [-0.2, -0.15) is 0 Å². The zero-order chi connectivity index (χ0) is 33.0. The third kappa shape index (κ3) is 4.68. The molecule has 10 aromatic rings. The SMILES string of the molecule is c1ccc([Si]c2ccc3c(-c4ccc5ccccc5c4)c4ccccc4c(-c4ccc(-n5c6ccccc6c6ccccc65)cc4)c3c2)cc1. The Labute approximate surface area is 293 Å². The molecular weight excluding hydrogens is 619 g/mol. The lowest BCUT2D eigenvalue weighted by molar-refractivity contribution is 1.18. The van der Waals surface area contributed by atoms with Crippen LogP contribution >= 0.6 is 0 Å². The van der Waals surface area contributed by atoms with Gasteiger partial charge >= 0.3 is 0 Å². The first-order valence-electron chi connectivity index (χ1n) is 17.2. The predicted octanol–water partition coefficient (Wildman–Crippen LogP) is 11.2. The second kappa shape index (κ2) is 11.7. The number of fused-ring (bicyclic) bond motifs is 6. The molecule has 0 N–H and O–H groups in total. The van der Waals surface area contributed by atoms with E-state index >= 15 is 0 Å². The minimum atomic E-state index is 0.582. The van der Waals surface area contributed by atoms with Crippen LogP contribution in [0.5, 0.6) is 0 Å². The fraction of sp³-hybridized carbons (Fsp3) is 0. The topological polar surface area (TPSA) is 4.93 Å². The van der Waals surface area contributed by atoms with Gasteiger partial charge in [-0.05, 0) is 84.9 Å². The molecule has 1 aromatic heterocycles. The fourth-order valence-electron chi connectivity index (χ4n) is 7.89. The summed E-state index contributed by atoms with van der Waals surface area (Å²) in [6.07, 6.45) is 0. The van der Waals surface area contributed by atoms with Crippen molar-refractivity contribution >= 4 is 74.0 Å². The summed E-state index contributed by atoms with van der Waals surface area (Å²) in [5.74, 6) is 0. The summed E-state index contributed by atoms with van der Waals surface area (Å²) >= 11 is 0. The number of aromatic nitrogens is 1. The number of nitrogens with zero attached hydrogens (tertiary/aromatic N) is 1. The van der Waals surface area contributed by atoms with Crippen LogP contribution in [0.25, 0.3) is 82.1 Å². The average Bonchev–Trinajstić information content (AvgIpc) is 3.52. The van der Waals surface area contributed by atoms with E-state index in [0.717, 1.165) is 0 Å². The third-order valence-electron chi connectivity index (χ3n) is 10.1. The Balaban J connectivity index is 1.22. The lowest BCUT2D eigenvalue weighted by Gasteiger charge is -2.19. The van der Waals surface area contributed by atoms with Gasteiger partial charge in [0, 0.05) is 16.5 Å². The van der Waals surface area contributed by atoms with E-state index in [2.05, 4.69) is 193 Å². The predicted molar refractivity (Wildman–Crippen MR) is 216 cm³/mol. The van der Waals surface area contributed by atoms with E-state index in [1.807, 2.05) is 0 Å². The third-order valence-corrected chi connectivity index (χ3v) is 11.3. The lowest BCUT2D eigenvalue weighted by atomic mass is 9.85. The molecule has 1 nitrogen and oxygen atoms in total. The fourth-order valence-corrected chi connectivity index (χ4v) is 8.96. The Morgan fingerprint density at radius 3 is 1.56 bits per heavy atom. The maximum absolute atomic E-state index is 2.45. The van der Waals surface area contributed by atoms with Crippen LogP contribution in [0.2, 0.25) is 0 Å². The van der Waals surface area contributed by atoms with Crippen LogP contribution < -0.4 is 10.4 Å². The van der Waals surface area contributed by atoms with Crippen LogP contribution in [-0.2, 0) is 0 Å². The van der Waals surface area contributed by atoms with E-state index in [1.54, 1.807) is 0 Å². The van der Waals surface area contributed by atoms with Crippen LogP contribution in [0.1, 0.15) is 0 Å². The molecule has 0 amide bonds. The van der Waals surface area contributed by atoms with Crippen LogP contribution in [0.3, 0.4) is 0 Å². The van der Waals surface area contributed by atoms with Gasteiger partial charge < -0.3 is 4.57 Å². The molecule has 0 unspecified atom stereocenters. The molecule has 1 heterocycles. The normalized spacial score (nSPS) is 11.7. The lowest BCUT2D eigenvalue weighted by Crippen LogP contribution is -2.26. The van der Waals surface area contributed by atoms with Crippen LogP contribution in [0, 0.1) is 0 Å². The summed E-state index contributed by atoms with van der Waals surface area (Å²) in [5.41, 5.74) is 8.67. The van der Waals surface area contributed by atoms with E-state index in [4.69, 9.17) is 0 Å². The summed E-state index contributed by atoms with van der Waals surface area (Å²) in [5, 5.41) is 12.9. The molecule has 0 fully saturated rings. The van der Waals surface area contributed by atoms with E-state index < -0.39 is 0 Å². The average molecular weight is 650 g/mol. The minimum absolute atomic E-state index is 0.582. The van der Waals surface area contributed by atoms with Gasteiger partial charge in [-0.15, -0.1) is 0 Å². The second-order valence-corrected chi connectivity index (χ2v) is 14.4. The van der Waals surface area contributed by atoms with Gasteiger partial charge in [-0.3, -0.25) is 0 Å². The molecule has 0 atom stereocenters. The molecule has 0 spiro atoms. The number of benzene rings is 9. The quantitative estimate of drug-likeness (QED) is 0.129. The van der Waals surface area contributed by atoms with Crippen molar-refractivity contribution in [2.24, 2.45) is 0 Å². The van der Waals surface area contributed by atoms with Gasteiger partial charge in [0.2, 0.25) is 0 Å². The molecule has 2 heteroatoms. The Kier molecular flexibility index (Phi) is 6.75. The molecule has 0 aliphatic carbocycles. The Morgan fingerprint density at radius 1 is 0.320 bits per heavy atom.